The third-order valence-electron chi connectivity index (χ3n) is 2.00. The first-order valence-electron chi connectivity index (χ1n) is 4.11. The Labute approximate surface area is 80.8 Å². The zero-order valence-corrected chi connectivity index (χ0v) is 7.68. The summed E-state index contributed by atoms with van der Waals surface area (Å²) in [5, 5.41) is 16.9. The van der Waals surface area contributed by atoms with Crippen LogP contribution in [0.4, 0.5) is 5.69 Å². The van der Waals surface area contributed by atoms with Crippen LogP contribution in [0.2, 0.25) is 0 Å². The Kier molecular flexibility index (Phi) is 1.85. The smallest absolute Gasteiger partial charge is 0.163 e. The lowest BCUT2D eigenvalue weighted by molar-refractivity contribution is 0.478. The van der Waals surface area contributed by atoms with Crippen molar-refractivity contribution in [1.29, 1.82) is 0 Å². The molecule has 0 aliphatic rings. The summed E-state index contributed by atoms with van der Waals surface area (Å²) in [6.07, 6.45) is 1.61. The van der Waals surface area contributed by atoms with Gasteiger partial charge in [0.15, 0.2) is 5.82 Å². The fourth-order valence-electron chi connectivity index (χ4n) is 1.24. The maximum atomic E-state index is 9.24. The van der Waals surface area contributed by atoms with Crippen LogP contribution in [0, 0.1) is 0 Å². The first-order chi connectivity index (χ1) is 6.68. The molecule has 0 bridgehead atoms. The van der Waals surface area contributed by atoms with Crippen LogP contribution in [-0.4, -0.2) is 19.9 Å². The van der Waals surface area contributed by atoms with Crippen molar-refractivity contribution in [2.75, 3.05) is 5.73 Å². The predicted molar refractivity (Wildman–Crippen MR) is 52.5 cm³/mol. The van der Waals surface area contributed by atoms with Crippen LogP contribution in [0.15, 0.2) is 24.5 Å². The summed E-state index contributed by atoms with van der Waals surface area (Å²) < 4.78 is 1.78. The lowest BCUT2D eigenvalue weighted by atomic mass is 10.2. The number of nitrogen functional groups attached to an aromatic ring is 1. The van der Waals surface area contributed by atoms with E-state index in [0.717, 1.165) is 11.4 Å². The highest BCUT2D eigenvalue weighted by molar-refractivity contribution is 5.65. The topological polar surface area (TPSA) is 77.0 Å². The first kappa shape index (κ1) is 8.55. The van der Waals surface area contributed by atoms with Gasteiger partial charge in [0, 0.05) is 12.6 Å². The molecule has 72 valence electrons. The molecule has 1 heterocycles. The molecule has 1 aromatic heterocycles. The van der Waals surface area contributed by atoms with Crippen molar-refractivity contribution in [3.05, 3.63) is 24.5 Å². The number of aryl methyl sites for hydroxylation is 1. The molecule has 0 aliphatic heterocycles. The summed E-state index contributed by atoms with van der Waals surface area (Å²) in [5.74, 6) is 0.799. The molecule has 0 spiro atoms. The molecule has 0 unspecified atom stereocenters. The molecule has 0 saturated heterocycles. The van der Waals surface area contributed by atoms with Gasteiger partial charge in [0.05, 0.1) is 5.69 Å². The number of rotatable bonds is 1. The highest BCUT2D eigenvalue weighted by atomic mass is 16.3. The van der Waals surface area contributed by atoms with Crippen LogP contribution in [0.25, 0.3) is 11.4 Å². The second kappa shape index (κ2) is 3.02. The van der Waals surface area contributed by atoms with Gasteiger partial charge in [0.2, 0.25) is 0 Å². The molecule has 5 heteroatoms. The first-order valence-corrected chi connectivity index (χ1v) is 4.11. The van der Waals surface area contributed by atoms with Crippen molar-refractivity contribution in [2.24, 2.45) is 7.05 Å². The van der Waals surface area contributed by atoms with Gasteiger partial charge in [-0.25, -0.2) is 0 Å². The molecule has 2 rings (SSSR count). The molecule has 0 amide bonds. The van der Waals surface area contributed by atoms with Gasteiger partial charge in [-0.2, -0.15) is 0 Å². The average Bonchev–Trinajstić information content (AvgIpc) is 2.57. The van der Waals surface area contributed by atoms with E-state index in [1.54, 1.807) is 29.1 Å². The summed E-state index contributed by atoms with van der Waals surface area (Å²) >= 11 is 0. The Balaban J connectivity index is 2.53. The van der Waals surface area contributed by atoms with E-state index in [2.05, 4.69) is 10.2 Å². The van der Waals surface area contributed by atoms with Gasteiger partial charge in [-0.1, -0.05) is 0 Å². The van der Waals surface area contributed by atoms with Crippen molar-refractivity contribution in [1.82, 2.24) is 14.8 Å². The SMILES string of the molecule is Cn1cnnc1-c1ccc(O)c(N)c1. The van der Waals surface area contributed by atoms with Gasteiger partial charge >= 0.3 is 0 Å². The monoisotopic (exact) mass is 190 g/mol. The van der Waals surface area contributed by atoms with Crippen molar-refractivity contribution >= 4 is 5.69 Å². The van der Waals surface area contributed by atoms with Crippen LogP contribution in [0.3, 0.4) is 0 Å². The van der Waals surface area contributed by atoms with E-state index in [1.165, 1.54) is 0 Å². The highest BCUT2D eigenvalue weighted by Crippen LogP contribution is 2.25. The molecule has 0 atom stereocenters. The zero-order chi connectivity index (χ0) is 10.1. The number of benzene rings is 1. The minimum atomic E-state index is 0.0796. The maximum absolute atomic E-state index is 9.24. The molecule has 1 aromatic carbocycles. The summed E-state index contributed by atoms with van der Waals surface area (Å²) in [5.41, 5.74) is 6.74. The molecule has 2 aromatic rings. The van der Waals surface area contributed by atoms with E-state index in [4.69, 9.17) is 5.73 Å². The van der Waals surface area contributed by atoms with Gasteiger partial charge in [-0.05, 0) is 18.2 Å². The fraction of sp³-hybridized carbons (Fsp3) is 0.111. The van der Waals surface area contributed by atoms with Gasteiger partial charge in [0.1, 0.15) is 12.1 Å². The molecule has 0 fully saturated rings. The van der Waals surface area contributed by atoms with Gasteiger partial charge in [0.25, 0.3) is 0 Å². The van der Waals surface area contributed by atoms with Gasteiger partial charge in [-0.3, -0.25) is 0 Å². The van der Waals surface area contributed by atoms with Gasteiger partial charge in [-0.15, -0.1) is 10.2 Å². The number of anilines is 1. The van der Waals surface area contributed by atoms with Crippen LogP contribution >= 0.6 is 0 Å². The molecule has 14 heavy (non-hydrogen) atoms. The number of nitrogens with zero attached hydrogens (tertiary/aromatic N) is 3. The Morgan fingerprint density at radius 2 is 2.21 bits per heavy atom. The number of aromatic nitrogens is 3. The van der Waals surface area contributed by atoms with Crippen LogP contribution < -0.4 is 5.73 Å². The minimum Gasteiger partial charge on any atom is -0.506 e. The number of hydrogen-bond donors (Lipinski definition) is 2. The average molecular weight is 190 g/mol. The molecular formula is C9H10N4O. The Hall–Kier alpha value is -2.04. The fourth-order valence-corrected chi connectivity index (χ4v) is 1.24. The van der Waals surface area contributed by atoms with E-state index in [1.807, 2.05) is 7.05 Å². The Morgan fingerprint density at radius 3 is 2.79 bits per heavy atom. The summed E-state index contributed by atoms with van der Waals surface area (Å²) in [4.78, 5) is 0. The molecule has 0 saturated carbocycles. The standard InChI is InChI=1S/C9H10N4O/c1-13-5-11-12-9(13)6-2-3-8(14)7(10)4-6/h2-5,14H,10H2,1H3. The maximum Gasteiger partial charge on any atom is 0.163 e. The lowest BCUT2D eigenvalue weighted by Crippen LogP contribution is -1.93. The van der Waals surface area contributed by atoms with Crippen LogP contribution in [0.1, 0.15) is 0 Å². The number of hydrogen-bond acceptors (Lipinski definition) is 4. The summed E-state index contributed by atoms with van der Waals surface area (Å²) in [6.45, 7) is 0. The normalized spacial score (nSPS) is 10.4. The number of aromatic hydroxyl groups is 1. The third-order valence-corrected chi connectivity index (χ3v) is 2.00. The lowest BCUT2D eigenvalue weighted by Gasteiger charge is -2.02. The number of phenols is 1. The quantitative estimate of drug-likeness (QED) is 0.514. The second-order valence-electron chi connectivity index (χ2n) is 3.04. The van der Waals surface area contributed by atoms with Crippen LogP contribution in [0.5, 0.6) is 5.75 Å². The van der Waals surface area contributed by atoms with E-state index in [0.29, 0.717) is 5.69 Å². The summed E-state index contributed by atoms with van der Waals surface area (Å²) in [7, 11) is 1.85. The van der Waals surface area contributed by atoms with Crippen molar-refractivity contribution < 1.29 is 5.11 Å². The molecule has 5 nitrogen and oxygen atoms in total. The van der Waals surface area contributed by atoms with Gasteiger partial charge < -0.3 is 15.4 Å². The molecule has 0 radical (unpaired) electrons. The Bertz CT molecular complexity index is 464. The number of phenolic OH excluding ortho intramolecular Hbond substituents is 1. The highest BCUT2D eigenvalue weighted by Gasteiger charge is 2.06. The molecule has 0 aliphatic carbocycles. The predicted octanol–water partition coefficient (Wildman–Crippen LogP) is 0.770. The second-order valence-corrected chi connectivity index (χ2v) is 3.04. The van der Waals surface area contributed by atoms with E-state index >= 15 is 0 Å². The van der Waals surface area contributed by atoms with E-state index in [-0.39, 0.29) is 5.75 Å². The van der Waals surface area contributed by atoms with E-state index < -0.39 is 0 Å². The Morgan fingerprint density at radius 1 is 1.43 bits per heavy atom. The van der Waals surface area contributed by atoms with Crippen molar-refractivity contribution in [3.63, 3.8) is 0 Å². The van der Waals surface area contributed by atoms with Crippen molar-refractivity contribution in [3.8, 4) is 17.1 Å². The summed E-state index contributed by atoms with van der Waals surface area (Å²) in [6, 6.07) is 4.95. The third kappa shape index (κ3) is 1.28. The van der Waals surface area contributed by atoms with Crippen molar-refractivity contribution in [2.45, 2.75) is 0 Å². The van der Waals surface area contributed by atoms with Crippen LogP contribution in [-0.2, 0) is 7.05 Å². The van der Waals surface area contributed by atoms with E-state index in [9.17, 15) is 5.11 Å². The zero-order valence-electron chi connectivity index (χ0n) is 7.68. The largest absolute Gasteiger partial charge is 0.506 e. The molecule has 3 N–H and O–H groups in total. The number of nitrogens with two attached hydrogens (primary N) is 1. The minimum absolute atomic E-state index is 0.0796. The molecular weight excluding hydrogens is 180 g/mol.